The Morgan fingerprint density at radius 3 is 1.00 bits per heavy atom. The summed E-state index contributed by atoms with van der Waals surface area (Å²) in [5.41, 5.74) is 0. The van der Waals surface area contributed by atoms with Crippen LogP contribution >= 0.6 is 0 Å². The van der Waals surface area contributed by atoms with Crippen LogP contribution in [0.25, 0.3) is 0 Å². The van der Waals surface area contributed by atoms with E-state index in [-0.39, 0.29) is 29.8 Å². The van der Waals surface area contributed by atoms with Gasteiger partial charge < -0.3 is 11.0 Å². The molecule has 0 saturated carbocycles. The van der Waals surface area contributed by atoms with Crippen LogP contribution in [-0.2, 0) is 18.8 Å². The molecule has 4 heavy (non-hydrogen) atoms. The summed E-state index contributed by atoms with van der Waals surface area (Å²) < 4.78 is 9.62. The van der Waals surface area contributed by atoms with Crippen molar-refractivity contribution in [1.29, 1.82) is 0 Å². The molecule has 4 N–H and O–H groups in total. The summed E-state index contributed by atoms with van der Waals surface area (Å²) in [5, 5.41) is 0. The molecule has 0 aliphatic rings. The van der Waals surface area contributed by atoms with Gasteiger partial charge in [0.2, 0.25) is 0 Å². The van der Waals surface area contributed by atoms with E-state index in [4.69, 9.17) is 0 Å². The molecular formula is H4FO2Zn. The molecule has 0 saturated heterocycles. The summed E-state index contributed by atoms with van der Waals surface area (Å²) in [6, 6.07) is 0. The van der Waals surface area contributed by atoms with Gasteiger partial charge in [-0.2, -0.15) is 0 Å². The summed E-state index contributed by atoms with van der Waals surface area (Å²) in [5.74, 6) is 0. The van der Waals surface area contributed by atoms with Crippen molar-refractivity contribution >= 4 is 0 Å². The Kier molecular flexibility index (Phi) is 589. The topological polar surface area (TPSA) is 63.0 Å². The first kappa shape index (κ1) is 24.9. The second-order valence-corrected chi connectivity index (χ2v) is 0. The van der Waals surface area contributed by atoms with Crippen molar-refractivity contribution in [3.63, 3.8) is 0 Å². The van der Waals surface area contributed by atoms with Gasteiger partial charge in [0, 0.05) is 0 Å². The fourth-order valence-corrected chi connectivity index (χ4v) is 0. The molecule has 0 atom stereocenters. The summed E-state index contributed by atoms with van der Waals surface area (Å²) in [6.45, 7) is 0. The van der Waals surface area contributed by atoms with E-state index in [0.29, 0.717) is 0 Å². The van der Waals surface area contributed by atoms with Crippen LogP contribution in [0.15, 0.2) is 0 Å². The molecule has 0 fully saturated rings. The third-order valence-corrected chi connectivity index (χ3v) is 0. The first-order chi connectivity index (χ1) is 1.00. The van der Waals surface area contributed by atoms with Gasteiger partial charge in [-0.3, -0.25) is 0 Å². The molecule has 0 aliphatic carbocycles. The maximum atomic E-state index is 9.62. The van der Waals surface area contributed by atoms with Gasteiger partial charge in [-0.1, -0.05) is 0 Å². The van der Waals surface area contributed by atoms with Crippen molar-refractivity contribution in [2.24, 2.45) is 0 Å². The maximum absolute atomic E-state index is 9.62. The van der Waals surface area contributed by atoms with Crippen LogP contribution in [0.3, 0.4) is 0 Å². The van der Waals surface area contributed by atoms with Crippen molar-refractivity contribution in [3.05, 3.63) is 0 Å². The molecule has 0 amide bonds. The van der Waals surface area contributed by atoms with Crippen LogP contribution in [0.2, 0.25) is 0 Å². The van der Waals surface area contributed by atoms with Gasteiger partial charge in [0.05, 0.1) is 0 Å². The minimum atomic E-state index is -0.125. The predicted octanol–water partition coefficient (Wildman–Crippen LogP) is -1.23. The third-order valence-electron chi connectivity index (χ3n) is 0. The van der Waals surface area contributed by atoms with Crippen LogP contribution in [0, 0.1) is 0 Å². The summed E-state index contributed by atoms with van der Waals surface area (Å²) in [6.07, 6.45) is 0. The van der Waals surface area contributed by atoms with Gasteiger partial charge in [-0.25, -0.2) is 0 Å². The van der Waals surface area contributed by atoms with Crippen molar-refractivity contribution in [3.8, 4) is 0 Å². The molecule has 0 unspecified atom stereocenters. The van der Waals surface area contributed by atoms with E-state index >= 15 is 0 Å². The van der Waals surface area contributed by atoms with Gasteiger partial charge in [0.1, 0.15) is 0 Å². The zero-order valence-electron chi connectivity index (χ0n) is 2.09. The molecule has 2 nitrogen and oxygen atoms in total. The Labute approximate surface area is 33.9 Å². The summed E-state index contributed by atoms with van der Waals surface area (Å²) in [7, 11) is 0. The molecule has 0 aromatic heterocycles. The van der Waals surface area contributed by atoms with E-state index in [0.717, 1.165) is 0 Å². The van der Waals surface area contributed by atoms with E-state index in [1.54, 1.807) is 0 Å². The van der Waals surface area contributed by atoms with E-state index in [1.165, 1.54) is 0 Å². The van der Waals surface area contributed by atoms with E-state index in [9.17, 15) is 3.32 Å². The van der Waals surface area contributed by atoms with Crippen LogP contribution in [0.5, 0.6) is 0 Å². The average molecular weight is 120 g/mol. The van der Waals surface area contributed by atoms with E-state index in [1.807, 2.05) is 0 Å². The molecule has 0 bridgehead atoms. The number of rotatable bonds is 0. The third kappa shape index (κ3) is 24.0. The van der Waals surface area contributed by atoms with Crippen LogP contribution < -0.4 is 0 Å². The Morgan fingerprint density at radius 1 is 1.00 bits per heavy atom. The molecule has 0 aliphatic heterocycles. The van der Waals surface area contributed by atoms with Crippen LogP contribution in [0.4, 0.5) is 3.32 Å². The predicted molar refractivity (Wildman–Crippen MR) is 8.34 cm³/mol. The van der Waals surface area contributed by atoms with Crippen molar-refractivity contribution < 1.29 is 33.1 Å². The van der Waals surface area contributed by atoms with E-state index < -0.39 is 0 Å². The van der Waals surface area contributed by atoms with E-state index in [2.05, 4.69) is 0 Å². The zero-order chi connectivity index (χ0) is 2.00. The van der Waals surface area contributed by atoms with Crippen molar-refractivity contribution in [1.82, 2.24) is 0 Å². The molecular weight excluding hydrogens is 116 g/mol. The van der Waals surface area contributed by atoms with Crippen molar-refractivity contribution in [2.45, 2.75) is 0 Å². The molecule has 0 aromatic carbocycles. The number of halogens is 1. The normalized spacial score (nSPS) is 1.75. The number of hydrogen-bond acceptors (Lipinski definition) is 0. The quantitative estimate of drug-likeness (QED) is 0.359. The monoisotopic (exact) mass is 119 g/mol. The number of hydrogen-bond donors (Lipinski definition) is 0. The fourth-order valence-electron chi connectivity index (χ4n) is 0. The van der Waals surface area contributed by atoms with Crippen LogP contribution in [-0.4, -0.2) is 11.0 Å². The molecule has 0 heterocycles. The summed E-state index contributed by atoms with van der Waals surface area (Å²) in [4.78, 5) is 0. The van der Waals surface area contributed by atoms with Gasteiger partial charge in [0.15, 0.2) is 0 Å². The second-order valence-electron chi connectivity index (χ2n) is 0. The zero-order valence-corrected chi connectivity index (χ0v) is 5.05. The Bertz CT molecular complexity index is 6.00. The molecule has 0 rings (SSSR count). The minimum absolute atomic E-state index is 0. The molecule has 25 valence electrons. The summed E-state index contributed by atoms with van der Waals surface area (Å²) >= 11 is -0.125. The van der Waals surface area contributed by atoms with Gasteiger partial charge in [-0.05, 0) is 0 Å². The Hall–Kier alpha value is 0.473. The van der Waals surface area contributed by atoms with Gasteiger partial charge in [-0.15, -0.1) is 0 Å². The Morgan fingerprint density at radius 2 is 1.00 bits per heavy atom. The SMILES string of the molecule is O.O.[F][Zn]. The first-order valence-electron chi connectivity index (χ1n) is 0.267. The van der Waals surface area contributed by atoms with Crippen LogP contribution in [0.1, 0.15) is 0 Å². The van der Waals surface area contributed by atoms with Gasteiger partial charge >= 0.3 is 22.1 Å². The average Bonchev–Trinajstić information content (AvgIpc) is 1.00. The standard InChI is InChI=1S/FH.2H2O.Zn/h1H;2*1H2;/q;;;+1/p-1. The first-order valence-corrected chi connectivity index (χ1v) is 1.39. The van der Waals surface area contributed by atoms with Gasteiger partial charge in [0.25, 0.3) is 0 Å². The fraction of sp³-hybridized carbons (Fsp3) is 0. The Balaban J connectivity index is -0.00000000500. The molecule has 4 heteroatoms. The van der Waals surface area contributed by atoms with Crippen molar-refractivity contribution in [2.75, 3.05) is 0 Å². The molecule has 0 aromatic rings. The second kappa shape index (κ2) is 94.8. The molecule has 0 radical (unpaired) electrons. The molecule has 0 spiro atoms.